The molecule has 0 aromatic carbocycles. The van der Waals surface area contributed by atoms with Crippen LogP contribution >= 0.6 is 11.3 Å². The van der Waals surface area contributed by atoms with Crippen LogP contribution in [0.15, 0.2) is 11.5 Å². The van der Waals surface area contributed by atoms with E-state index in [9.17, 15) is 14.7 Å². The van der Waals surface area contributed by atoms with Gasteiger partial charge in [-0.25, -0.2) is 4.98 Å². The average molecular weight is 306 g/mol. The predicted molar refractivity (Wildman–Crippen MR) is 79.8 cm³/mol. The van der Waals surface area contributed by atoms with Crippen molar-refractivity contribution in [2.45, 2.75) is 32.2 Å². The summed E-state index contributed by atoms with van der Waals surface area (Å²) in [7, 11) is 0. The van der Waals surface area contributed by atoms with Gasteiger partial charge in [0, 0.05) is 17.5 Å². The van der Waals surface area contributed by atoms with Gasteiger partial charge in [0.25, 0.3) is 0 Å². The Morgan fingerprint density at radius 2 is 2.19 bits per heavy atom. The maximum atomic E-state index is 12.0. The number of aryl methyl sites for hydroxylation is 1. The highest BCUT2D eigenvalue weighted by atomic mass is 32.1. The summed E-state index contributed by atoms with van der Waals surface area (Å²) < 4.78 is 0. The van der Waals surface area contributed by atoms with Crippen molar-refractivity contribution in [3.05, 3.63) is 22.2 Å². The summed E-state index contributed by atoms with van der Waals surface area (Å²) >= 11 is 1.53. The lowest BCUT2D eigenvalue weighted by atomic mass is 9.84. The molecule has 1 aromatic rings. The van der Waals surface area contributed by atoms with E-state index in [0.29, 0.717) is 5.92 Å². The van der Waals surface area contributed by atoms with Crippen LogP contribution in [-0.4, -0.2) is 28.0 Å². The van der Waals surface area contributed by atoms with Crippen LogP contribution in [0.1, 0.15) is 30.0 Å². The molecule has 3 rings (SSSR count). The fourth-order valence-corrected chi connectivity index (χ4v) is 4.27. The summed E-state index contributed by atoms with van der Waals surface area (Å²) in [5, 5.41) is 15.1. The van der Waals surface area contributed by atoms with E-state index < -0.39 is 11.9 Å². The zero-order chi connectivity index (χ0) is 15.0. The van der Waals surface area contributed by atoms with Gasteiger partial charge in [-0.1, -0.05) is 0 Å². The second-order valence-electron chi connectivity index (χ2n) is 5.86. The van der Waals surface area contributed by atoms with Crippen LogP contribution in [0, 0.1) is 24.7 Å². The number of hydrogen-bond acceptors (Lipinski definition) is 4. The van der Waals surface area contributed by atoms with Gasteiger partial charge in [0.2, 0.25) is 5.91 Å². The summed E-state index contributed by atoms with van der Waals surface area (Å²) in [6.07, 6.45) is 6.04. The number of carboxylic acids is 1. The van der Waals surface area contributed by atoms with Gasteiger partial charge in [0.05, 0.1) is 16.6 Å². The van der Waals surface area contributed by atoms with Gasteiger partial charge in [-0.3, -0.25) is 9.59 Å². The SMILES string of the molecule is Cc1nc(C=CC(=O)NC2C3CCC(C3)C2C(=O)O)cs1. The van der Waals surface area contributed by atoms with E-state index in [1.54, 1.807) is 6.08 Å². The normalized spacial score (nSPS) is 30.9. The smallest absolute Gasteiger partial charge is 0.308 e. The lowest BCUT2D eigenvalue weighted by Gasteiger charge is -2.28. The number of hydrogen-bond donors (Lipinski definition) is 2. The summed E-state index contributed by atoms with van der Waals surface area (Å²) in [5.41, 5.74) is 0.760. The molecule has 1 amide bonds. The molecular weight excluding hydrogens is 288 g/mol. The molecule has 2 fully saturated rings. The molecule has 1 heterocycles. The van der Waals surface area contributed by atoms with E-state index in [1.165, 1.54) is 17.4 Å². The lowest BCUT2D eigenvalue weighted by molar-refractivity contribution is -0.144. The number of thiazole rings is 1. The van der Waals surface area contributed by atoms with Crippen molar-refractivity contribution >= 4 is 29.3 Å². The first-order chi connectivity index (χ1) is 10.0. The lowest BCUT2D eigenvalue weighted by Crippen LogP contribution is -2.46. The fraction of sp³-hybridized carbons (Fsp3) is 0.533. The Balaban J connectivity index is 1.64. The van der Waals surface area contributed by atoms with Crippen LogP contribution in [0.25, 0.3) is 6.08 Å². The summed E-state index contributed by atoms with van der Waals surface area (Å²) in [6.45, 7) is 1.91. The van der Waals surface area contributed by atoms with Crippen molar-refractivity contribution in [1.82, 2.24) is 10.3 Å². The number of rotatable bonds is 4. The summed E-state index contributed by atoms with van der Waals surface area (Å²) in [5.74, 6) is -0.906. The topological polar surface area (TPSA) is 79.3 Å². The third-order valence-corrected chi connectivity index (χ3v) is 5.34. The molecule has 1 aromatic heterocycles. The van der Waals surface area contributed by atoms with Crippen molar-refractivity contribution in [3.8, 4) is 0 Å². The molecule has 0 saturated heterocycles. The van der Waals surface area contributed by atoms with E-state index in [-0.39, 0.29) is 17.9 Å². The molecule has 0 radical (unpaired) electrons. The van der Waals surface area contributed by atoms with Crippen molar-refractivity contribution < 1.29 is 14.7 Å². The monoisotopic (exact) mass is 306 g/mol. The molecule has 4 unspecified atom stereocenters. The number of carboxylic acid groups (broad SMARTS) is 1. The predicted octanol–water partition coefficient (Wildman–Crippen LogP) is 2.08. The van der Waals surface area contributed by atoms with Crippen LogP contribution in [0.2, 0.25) is 0 Å². The molecule has 112 valence electrons. The first-order valence-electron chi connectivity index (χ1n) is 7.18. The quantitative estimate of drug-likeness (QED) is 0.835. The summed E-state index contributed by atoms with van der Waals surface area (Å²) in [6, 6.07) is -0.226. The van der Waals surface area contributed by atoms with Gasteiger partial charge in [-0.05, 0) is 44.1 Å². The highest BCUT2D eigenvalue weighted by Gasteiger charge is 2.51. The van der Waals surface area contributed by atoms with Crippen LogP contribution in [0.5, 0.6) is 0 Å². The zero-order valence-electron chi connectivity index (χ0n) is 11.8. The van der Waals surface area contributed by atoms with E-state index in [0.717, 1.165) is 30.0 Å². The number of amides is 1. The Bertz CT molecular complexity index is 595. The van der Waals surface area contributed by atoms with Gasteiger partial charge in [-0.15, -0.1) is 11.3 Å². The Hall–Kier alpha value is -1.69. The minimum Gasteiger partial charge on any atom is -0.481 e. The van der Waals surface area contributed by atoms with E-state index in [4.69, 9.17) is 0 Å². The van der Waals surface area contributed by atoms with Crippen LogP contribution < -0.4 is 5.32 Å². The maximum absolute atomic E-state index is 12.0. The van der Waals surface area contributed by atoms with Gasteiger partial charge < -0.3 is 10.4 Å². The number of aromatic nitrogens is 1. The molecule has 2 N–H and O–H groups in total. The van der Waals surface area contributed by atoms with Crippen molar-refractivity contribution in [2.24, 2.45) is 17.8 Å². The molecule has 4 atom stereocenters. The molecular formula is C15H18N2O3S. The minimum absolute atomic E-state index is 0.225. The molecule has 0 aliphatic heterocycles. The second-order valence-corrected chi connectivity index (χ2v) is 6.92. The number of fused-ring (bicyclic) bond motifs is 2. The maximum Gasteiger partial charge on any atom is 0.308 e. The first kappa shape index (κ1) is 14.3. The van der Waals surface area contributed by atoms with E-state index in [2.05, 4.69) is 10.3 Å². The largest absolute Gasteiger partial charge is 0.481 e. The molecule has 21 heavy (non-hydrogen) atoms. The van der Waals surface area contributed by atoms with Crippen molar-refractivity contribution in [3.63, 3.8) is 0 Å². The number of aliphatic carboxylic acids is 1. The molecule has 2 saturated carbocycles. The summed E-state index contributed by atoms with van der Waals surface area (Å²) in [4.78, 5) is 27.6. The van der Waals surface area contributed by atoms with Crippen LogP contribution in [0.3, 0.4) is 0 Å². The number of carbonyl (C=O) groups excluding carboxylic acids is 1. The Morgan fingerprint density at radius 3 is 2.86 bits per heavy atom. The zero-order valence-corrected chi connectivity index (χ0v) is 12.6. The molecule has 6 heteroatoms. The molecule has 2 aliphatic carbocycles. The number of carbonyl (C=O) groups is 2. The van der Waals surface area contributed by atoms with Gasteiger partial charge in [-0.2, -0.15) is 0 Å². The van der Waals surface area contributed by atoms with Gasteiger partial charge in [0.1, 0.15) is 0 Å². The molecule has 2 aliphatic rings. The standard InChI is InChI=1S/C15H18N2O3S/c1-8-16-11(7-21-8)4-5-12(18)17-14-10-3-2-9(6-10)13(14)15(19)20/h4-5,7,9-10,13-14H,2-3,6H2,1H3,(H,17,18)(H,19,20). The number of nitrogens with one attached hydrogen (secondary N) is 1. The van der Waals surface area contributed by atoms with E-state index in [1.807, 2.05) is 12.3 Å². The first-order valence-corrected chi connectivity index (χ1v) is 8.06. The molecule has 2 bridgehead atoms. The Labute approximate surface area is 127 Å². The fourth-order valence-electron chi connectivity index (χ4n) is 3.68. The third-order valence-electron chi connectivity index (χ3n) is 4.55. The van der Waals surface area contributed by atoms with Crippen molar-refractivity contribution in [1.29, 1.82) is 0 Å². The average Bonchev–Trinajstić information content (AvgIpc) is 3.11. The highest BCUT2D eigenvalue weighted by molar-refractivity contribution is 7.09. The van der Waals surface area contributed by atoms with Crippen LogP contribution in [-0.2, 0) is 9.59 Å². The molecule has 0 spiro atoms. The minimum atomic E-state index is -0.786. The molecule has 5 nitrogen and oxygen atoms in total. The third kappa shape index (κ3) is 2.85. The van der Waals surface area contributed by atoms with E-state index >= 15 is 0 Å². The highest BCUT2D eigenvalue weighted by Crippen LogP contribution is 2.48. The Morgan fingerprint density at radius 1 is 1.43 bits per heavy atom. The van der Waals surface area contributed by atoms with Crippen LogP contribution in [0.4, 0.5) is 0 Å². The number of nitrogens with zero attached hydrogens (tertiary/aromatic N) is 1. The van der Waals surface area contributed by atoms with Gasteiger partial charge >= 0.3 is 5.97 Å². The Kier molecular flexibility index (Phi) is 3.80. The second kappa shape index (κ2) is 5.60. The van der Waals surface area contributed by atoms with Crippen molar-refractivity contribution in [2.75, 3.05) is 0 Å². The van der Waals surface area contributed by atoms with Gasteiger partial charge in [0.15, 0.2) is 0 Å².